The number of rotatable bonds is 6. The normalized spacial score (nSPS) is 11.8. The number of unbranched alkanes of at least 4 members (excludes halogenated alkanes) is 1. The van der Waals surface area contributed by atoms with Crippen molar-refractivity contribution in [2.45, 2.75) is 25.3 Å². The Morgan fingerprint density at radius 2 is 1.62 bits per heavy atom. The fourth-order valence-corrected chi connectivity index (χ4v) is 3.16. The zero-order valence-corrected chi connectivity index (χ0v) is 14.2. The van der Waals surface area contributed by atoms with E-state index in [1.807, 2.05) is 60.7 Å². The Kier molecular flexibility index (Phi) is 5.14. The lowest BCUT2D eigenvalue weighted by atomic mass is 9.96. The summed E-state index contributed by atoms with van der Waals surface area (Å²) in [6, 6.07) is 18.6. The molecular formula is C21H19N3O2. The molecule has 0 saturated heterocycles. The average molecular weight is 345 g/mol. The van der Waals surface area contributed by atoms with Crippen molar-refractivity contribution in [1.29, 1.82) is 5.26 Å². The second-order valence-electron chi connectivity index (χ2n) is 6.17. The molecule has 5 nitrogen and oxygen atoms in total. The van der Waals surface area contributed by atoms with Crippen LogP contribution in [0.25, 0.3) is 21.5 Å². The zero-order chi connectivity index (χ0) is 18.5. The van der Waals surface area contributed by atoms with E-state index < -0.39 is 11.9 Å². The second-order valence-corrected chi connectivity index (χ2v) is 6.17. The number of hydrogen-bond acceptors (Lipinski definition) is 3. The third-order valence-electron chi connectivity index (χ3n) is 4.43. The number of amides is 2. The zero-order valence-electron chi connectivity index (χ0n) is 14.2. The van der Waals surface area contributed by atoms with Crippen molar-refractivity contribution >= 4 is 33.4 Å². The molecular weight excluding hydrogens is 326 g/mol. The summed E-state index contributed by atoms with van der Waals surface area (Å²) in [6.07, 6.45) is 1.16. The van der Waals surface area contributed by atoms with Gasteiger partial charge in [0.1, 0.15) is 6.04 Å². The van der Waals surface area contributed by atoms with Crippen LogP contribution in [-0.4, -0.2) is 17.9 Å². The molecule has 3 aromatic rings. The molecule has 5 heteroatoms. The van der Waals surface area contributed by atoms with Crippen molar-refractivity contribution in [1.82, 2.24) is 5.32 Å². The van der Waals surface area contributed by atoms with Gasteiger partial charge in [0, 0.05) is 6.42 Å². The van der Waals surface area contributed by atoms with Crippen LogP contribution in [0.3, 0.4) is 0 Å². The molecule has 0 spiro atoms. The molecule has 3 N–H and O–H groups in total. The minimum absolute atomic E-state index is 0.316. The number of nitrogens with two attached hydrogens (primary N) is 1. The van der Waals surface area contributed by atoms with Crippen molar-refractivity contribution in [3.05, 3.63) is 60.2 Å². The Labute approximate surface area is 151 Å². The van der Waals surface area contributed by atoms with Crippen LogP contribution in [0.4, 0.5) is 0 Å². The van der Waals surface area contributed by atoms with Gasteiger partial charge in [0.05, 0.1) is 11.6 Å². The van der Waals surface area contributed by atoms with Crippen molar-refractivity contribution in [3.63, 3.8) is 0 Å². The molecule has 0 bridgehead atoms. The van der Waals surface area contributed by atoms with Crippen LogP contribution in [0.1, 0.15) is 29.6 Å². The average Bonchev–Trinajstić information content (AvgIpc) is 2.65. The first kappa shape index (κ1) is 17.4. The van der Waals surface area contributed by atoms with Gasteiger partial charge in [0.2, 0.25) is 5.91 Å². The number of fused-ring (bicyclic) bond motifs is 2. The quantitative estimate of drug-likeness (QED) is 0.530. The van der Waals surface area contributed by atoms with E-state index >= 15 is 0 Å². The van der Waals surface area contributed by atoms with Gasteiger partial charge in [-0.2, -0.15) is 5.26 Å². The summed E-state index contributed by atoms with van der Waals surface area (Å²) in [5, 5.41) is 15.0. The lowest BCUT2D eigenvalue weighted by Crippen LogP contribution is -2.44. The summed E-state index contributed by atoms with van der Waals surface area (Å²) in [4.78, 5) is 24.7. The Morgan fingerprint density at radius 3 is 2.15 bits per heavy atom. The van der Waals surface area contributed by atoms with Gasteiger partial charge in [-0.15, -0.1) is 0 Å². The summed E-state index contributed by atoms with van der Waals surface area (Å²) in [7, 11) is 0. The van der Waals surface area contributed by atoms with Gasteiger partial charge in [0.15, 0.2) is 0 Å². The minimum atomic E-state index is -0.798. The minimum Gasteiger partial charge on any atom is -0.368 e. The third-order valence-corrected chi connectivity index (χ3v) is 4.43. The maximum absolute atomic E-state index is 13.0. The molecule has 0 aromatic heterocycles. The fraction of sp³-hybridized carbons (Fsp3) is 0.190. The molecule has 3 rings (SSSR count). The predicted molar refractivity (Wildman–Crippen MR) is 101 cm³/mol. The molecule has 0 aliphatic carbocycles. The third kappa shape index (κ3) is 3.50. The fourth-order valence-electron chi connectivity index (χ4n) is 3.16. The van der Waals surface area contributed by atoms with Crippen LogP contribution < -0.4 is 11.1 Å². The summed E-state index contributed by atoms with van der Waals surface area (Å²) < 4.78 is 0. The monoisotopic (exact) mass is 345 g/mol. The molecule has 0 saturated carbocycles. The van der Waals surface area contributed by atoms with Gasteiger partial charge < -0.3 is 11.1 Å². The van der Waals surface area contributed by atoms with Crippen LogP contribution in [0, 0.1) is 11.3 Å². The van der Waals surface area contributed by atoms with Gasteiger partial charge in [-0.3, -0.25) is 9.59 Å². The predicted octanol–water partition coefficient (Wildman–Crippen LogP) is 3.27. The number of hydrogen-bond donors (Lipinski definition) is 2. The molecule has 1 atom stereocenters. The number of primary amides is 1. The van der Waals surface area contributed by atoms with Gasteiger partial charge >= 0.3 is 0 Å². The van der Waals surface area contributed by atoms with Gasteiger partial charge in [-0.25, -0.2) is 0 Å². The number of nitrogens with zero attached hydrogens (tertiary/aromatic N) is 1. The SMILES string of the molecule is N#CCCC[C@H](NC(=O)c1c2ccccc2cc2ccccc12)C(N)=O. The van der Waals surface area contributed by atoms with Crippen molar-refractivity contribution in [2.24, 2.45) is 5.73 Å². The molecule has 3 aromatic carbocycles. The van der Waals surface area contributed by atoms with E-state index in [1.165, 1.54) is 0 Å². The van der Waals surface area contributed by atoms with E-state index in [2.05, 4.69) is 5.32 Å². The van der Waals surface area contributed by atoms with E-state index in [1.54, 1.807) is 0 Å². The smallest absolute Gasteiger partial charge is 0.253 e. The standard InChI is InChI=1S/C21H19N3O2/c22-12-6-5-11-18(20(23)25)24-21(26)19-16-9-3-1-7-14(16)13-15-8-2-4-10-17(15)19/h1-4,7-10,13,18H,5-6,11H2,(H2,23,25)(H,24,26)/t18-/m0/s1. The number of carbonyl (C=O) groups excluding carboxylic acids is 2. The highest BCUT2D eigenvalue weighted by atomic mass is 16.2. The van der Waals surface area contributed by atoms with E-state index in [4.69, 9.17) is 11.0 Å². The molecule has 0 radical (unpaired) electrons. The van der Waals surface area contributed by atoms with Gasteiger partial charge in [-0.05, 0) is 40.5 Å². The Hall–Kier alpha value is -3.39. The number of benzene rings is 3. The molecule has 0 fully saturated rings. The van der Waals surface area contributed by atoms with Gasteiger partial charge in [0.25, 0.3) is 5.91 Å². The summed E-state index contributed by atoms with van der Waals surface area (Å²) in [6.45, 7) is 0. The Balaban J connectivity index is 2.03. The molecule has 0 aliphatic rings. The molecule has 0 unspecified atom stereocenters. The lowest BCUT2D eigenvalue weighted by molar-refractivity contribution is -0.120. The molecule has 2 amide bonds. The number of nitriles is 1. The molecule has 0 aliphatic heterocycles. The number of carbonyl (C=O) groups is 2. The second kappa shape index (κ2) is 7.66. The highest BCUT2D eigenvalue weighted by molar-refractivity contribution is 6.18. The van der Waals surface area contributed by atoms with Crippen LogP contribution in [0.2, 0.25) is 0 Å². The first-order valence-corrected chi connectivity index (χ1v) is 8.49. The van der Waals surface area contributed by atoms with E-state index in [0.29, 0.717) is 24.8 Å². The van der Waals surface area contributed by atoms with Crippen molar-refractivity contribution < 1.29 is 9.59 Å². The highest BCUT2D eigenvalue weighted by Crippen LogP contribution is 2.28. The summed E-state index contributed by atoms with van der Waals surface area (Å²) in [5.41, 5.74) is 5.97. The lowest BCUT2D eigenvalue weighted by Gasteiger charge is -2.17. The Morgan fingerprint density at radius 1 is 1.04 bits per heavy atom. The molecule has 0 heterocycles. The summed E-state index contributed by atoms with van der Waals surface area (Å²) in [5.74, 6) is -0.931. The first-order chi connectivity index (χ1) is 12.6. The van der Waals surface area contributed by atoms with Crippen LogP contribution in [0.5, 0.6) is 0 Å². The molecule has 130 valence electrons. The first-order valence-electron chi connectivity index (χ1n) is 8.49. The molecule has 26 heavy (non-hydrogen) atoms. The van der Waals surface area contributed by atoms with E-state index in [0.717, 1.165) is 21.5 Å². The maximum atomic E-state index is 13.0. The largest absolute Gasteiger partial charge is 0.368 e. The van der Waals surface area contributed by atoms with Crippen molar-refractivity contribution in [3.8, 4) is 6.07 Å². The van der Waals surface area contributed by atoms with E-state index in [9.17, 15) is 9.59 Å². The van der Waals surface area contributed by atoms with E-state index in [-0.39, 0.29) is 5.91 Å². The van der Waals surface area contributed by atoms with Crippen LogP contribution in [-0.2, 0) is 4.79 Å². The summed E-state index contributed by atoms with van der Waals surface area (Å²) >= 11 is 0. The van der Waals surface area contributed by atoms with Crippen LogP contribution in [0.15, 0.2) is 54.6 Å². The maximum Gasteiger partial charge on any atom is 0.253 e. The van der Waals surface area contributed by atoms with Crippen molar-refractivity contribution in [2.75, 3.05) is 0 Å². The Bertz CT molecular complexity index is 967. The topological polar surface area (TPSA) is 96.0 Å². The van der Waals surface area contributed by atoms with Gasteiger partial charge in [-0.1, -0.05) is 48.5 Å². The number of nitrogens with one attached hydrogen (secondary N) is 1. The highest BCUT2D eigenvalue weighted by Gasteiger charge is 2.21. The van der Waals surface area contributed by atoms with Crippen LogP contribution >= 0.6 is 0 Å².